The van der Waals surface area contributed by atoms with Crippen molar-refractivity contribution in [2.75, 3.05) is 7.11 Å². The summed E-state index contributed by atoms with van der Waals surface area (Å²) in [7, 11) is 1.63. The van der Waals surface area contributed by atoms with Crippen LogP contribution in [-0.4, -0.2) is 32.5 Å². The largest absolute Gasteiger partial charge is 0.497 e. The smallest absolute Gasteiger partial charge is 0.263 e. The monoisotopic (exact) mass is 405 g/mol. The summed E-state index contributed by atoms with van der Waals surface area (Å²) in [6.07, 6.45) is 5.31. The van der Waals surface area contributed by atoms with Crippen LogP contribution < -0.4 is 10.1 Å². The fourth-order valence-corrected chi connectivity index (χ4v) is 3.78. The lowest BCUT2D eigenvalue weighted by atomic mass is 10.1. The van der Waals surface area contributed by atoms with E-state index in [2.05, 4.69) is 20.3 Å². The lowest BCUT2D eigenvalue weighted by Crippen LogP contribution is -2.23. The first-order chi connectivity index (χ1) is 14.1. The van der Waals surface area contributed by atoms with Gasteiger partial charge in [0.2, 0.25) is 0 Å². The Morgan fingerprint density at radius 3 is 2.66 bits per heavy atom. The third-order valence-corrected chi connectivity index (χ3v) is 5.53. The molecule has 0 fully saturated rings. The maximum atomic E-state index is 12.6. The summed E-state index contributed by atoms with van der Waals surface area (Å²) >= 11 is 1.36. The zero-order chi connectivity index (χ0) is 20.2. The maximum Gasteiger partial charge on any atom is 0.263 e. The predicted molar refractivity (Wildman–Crippen MR) is 111 cm³/mol. The molecule has 0 bridgehead atoms. The van der Waals surface area contributed by atoms with E-state index in [4.69, 9.17) is 4.74 Å². The number of nitrogens with zero attached hydrogens (tertiary/aromatic N) is 4. The highest BCUT2D eigenvalue weighted by molar-refractivity contribution is 7.16. The van der Waals surface area contributed by atoms with Crippen LogP contribution in [0.15, 0.2) is 61.2 Å². The molecule has 0 aliphatic carbocycles. The summed E-state index contributed by atoms with van der Waals surface area (Å²) in [5.74, 6) is 0.623. The molecule has 0 radical (unpaired) electrons. The topological polar surface area (TPSA) is 81.9 Å². The zero-order valence-electron chi connectivity index (χ0n) is 16.0. The van der Waals surface area contributed by atoms with Crippen LogP contribution in [0, 0.1) is 6.92 Å². The number of amides is 1. The van der Waals surface area contributed by atoms with Crippen molar-refractivity contribution in [1.29, 1.82) is 0 Å². The zero-order valence-corrected chi connectivity index (χ0v) is 16.8. The Morgan fingerprint density at radius 2 is 1.93 bits per heavy atom. The van der Waals surface area contributed by atoms with Gasteiger partial charge in [-0.1, -0.05) is 11.3 Å². The summed E-state index contributed by atoms with van der Waals surface area (Å²) in [4.78, 5) is 26.3. The van der Waals surface area contributed by atoms with Crippen LogP contribution in [0.25, 0.3) is 16.4 Å². The number of thiazole rings is 1. The number of ether oxygens (including phenoxy) is 1. The van der Waals surface area contributed by atoms with Crippen LogP contribution in [0.5, 0.6) is 5.75 Å². The van der Waals surface area contributed by atoms with Gasteiger partial charge in [-0.15, -0.1) is 0 Å². The van der Waals surface area contributed by atoms with Gasteiger partial charge in [0.1, 0.15) is 17.0 Å². The molecule has 3 heterocycles. The molecule has 0 unspecified atom stereocenters. The molecular weight excluding hydrogens is 386 g/mol. The van der Waals surface area contributed by atoms with Crippen LogP contribution in [0.4, 0.5) is 0 Å². The van der Waals surface area contributed by atoms with Gasteiger partial charge in [0.15, 0.2) is 5.13 Å². The average Bonchev–Trinajstić information content (AvgIpc) is 3.42. The van der Waals surface area contributed by atoms with Crippen LogP contribution >= 0.6 is 11.3 Å². The molecule has 1 N–H and O–H groups in total. The van der Waals surface area contributed by atoms with Gasteiger partial charge in [0, 0.05) is 18.0 Å². The minimum absolute atomic E-state index is 0.164. The maximum absolute atomic E-state index is 12.6. The van der Waals surface area contributed by atoms with Crippen LogP contribution in [0.1, 0.15) is 21.1 Å². The van der Waals surface area contributed by atoms with Crippen molar-refractivity contribution in [1.82, 2.24) is 24.8 Å². The first kappa shape index (κ1) is 18.8. The van der Waals surface area contributed by atoms with Gasteiger partial charge < -0.3 is 14.6 Å². The second-order valence-electron chi connectivity index (χ2n) is 6.31. The third-order valence-electron chi connectivity index (χ3n) is 4.36. The molecule has 1 aromatic carbocycles. The molecule has 7 nitrogen and oxygen atoms in total. The van der Waals surface area contributed by atoms with Crippen molar-refractivity contribution < 1.29 is 9.53 Å². The molecule has 29 heavy (non-hydrogen) atoms. The van der Waals surface area contributed by atoms with Crippen LogP contribution in [0.3, 0.4) is 0 Å². The molecule has 0 aliphatic rings. The second-order valence-corrected chi connectivity index (χ2v) is 7.28. The standard InChI is InChI=1S/C21H19N5O2S/c1-14-19(29-21(25-14)26-9-3-4-10-26)20(27)22-12-16-11-18(24-13-23-16)15-5-7-17(28-2)8-6-15/h3-11,13H,12H2,1-2H3,(H,22,27). The van der Waals surface area contributed by atoms with Crippen molar-refractivity contribution in [2.24, 2.45) is 0 Å². The molecule has 0 spiro atoms. The quantitative estimate of drug-likeness (QED) is 0.530. The first-order valence-electron chi connectivity index (χ1n) is 8.98. The molecule has 0 aliphatic heterocycles. The van der Waals surface area contributed by atoms with Gasteiger partial charge in [-0.05, 0) is 49.4 Å². The predicted octanol–water partition coefficient (Wildman–Crippen LogP) is 3.64. The van der Waals surface area contributed by atoms with E-state index in [0.717, 1.165) is 27.8 Å². The highest BCUT2D eigenvalue weighted by atomic mass is 32.1. The van der Waals surface area contributed by atoms with Crippen molar-refractivity contribution in [3.05, 3.63) is 77.5 Å². The third kappa shape index (κ3) is 4.17. The molecule has 4 rings (SSSR count). The van der Waals surface area contributed by atoms with E-state index in [9.17, 15) is 4.79 Å². The fourth-order valence-electron chi connectivity index (χ4n) is 2.83. The van der Waals surface area contributed by atoms with Crippen LogP contribution in [0.2, 0.25) is 0 Å². The second kappa shape index (κ2) is 8.24. The number of aromatic nitrogens is 4. The minimum atomic E-state index is -0.164. The number of hydrogen-bond donors (Lipinski definition) is 1. The fraction of sp³-hybridized carbons (Fsp3) is 0.143. The Balaban J connectivity index is 1.46. The van der Waals surface area contributed by atoms with E-state index in [1.807, 2.05) is 66.3 Å². The van der Waals surface area contributed by atoms with Gasteiger partial charge >= 0.3 is 0 Å². The van der Waals surface area contributed by atoms with Gasteiger partial charge in [0.25, 0.3) is 5.91 Å². The number of aryl methyl sites for hydroxylation is 1. The Morgan fingerprint density at radius 1 is 1.17 bits per heavy atom. The summed E-state index contributed by atoms with van der Waals surface area (Å²) in [5.41, 5.74) is 3.18. The molecular formula is C21H19N5O2S. The Kier molecular flexibility index (Phi) is 5.35. The number of rotatable bonds is 6. The number of benzene rings is 1. The molecule has 1 amide bonds. The molecule has 8 heteroatoms. The molecule has 0 saturated heterocycles. The summed E-state index contributed by atoms with van der Waals surface area (Å²) < 4.78 is 7.07. The highest BCUT2D eigenvalue weighted by Gasteiger charge is 2.16. The summed E-state index contributed by atoms with van der Waals surface area (Å²) in [6, 6.07) is 13.4. The molecule has 0 atom stereocenters. The van der Waals surface area contributed by atoms with E-state index in [0.29, 0.717) is 17.1 Å². The van der Waals surface area contributed by atoms with Gasteiger partial charge in [0.05, 0.1) is 30.7 Å². The van der Waals surface area contributed by atoms with E-state index in [-0.39, 0.29) is 5.91 Å². The summed E-state index contributed by atoms with van der Waals surface area (Å²) in [5, 5.41) is 3.69. The number of carbonyl (C=O) groups is 1. The SMILES string of the molecule is COc1ccc(-c2cc(CNC(=O)c3sc(-n4cccc4)nc3C)ncn2)cc1. The minimum Gasteiger partial charge on any atom is -0.497 e. The molecule has 4 aromatic rings. The Hall–Kier alpha value is -3.52. The van der Waals surface area contributed by atoms with Gasteiger partial charge in [-0.25, -0.2) is 15.0 Å². The first-order valence-corrected chi connectivity index (χ1v) is 9.80. The van der Waals surface area contributed by atoms with E-state index >= 15 is 0 Å². The molecule has 0 saturated carbocycles. The van der Waals surface area contributed by atoms with E-state index < -0.39 is 0 Å². The average molecular weight is 405 g/mol. The van der Waals surface area contributed by atoms with Crippen LogP contribution in [-0.2, 0) is 6.54 Å². The van der Waals surface area contributed by atoms with Crippen molar-refractivity contribution >= 4 is 17.2 Å². The van der Waals surface area contributed by atoms with Crippen molar-refractivity contribution in [3.8, 4) is 22.1 Å². The highest BCUT2D eigenvalue weighted by Crippen LogP contribution is 2.22. The number of nitrogens with one attached hydrogen (secondary N) is 1. The lowest BCUT2D eigenvalue weighted by molar-refractivity contribution is 0.0953. The van der Waals surface area contributed by atoms with Crippen molar-refractivity contribution in [2.45, 2.75) is 13.5 Å². The number of hydrogen-bond acceptors (Lipinski definition) is 6. The Bertz CT molecular complexity index is 1120. The normalized spacial score (nSPS) is 10.7. The van der Waals surface area contributed by atoms with Gasteiger partial charge in [-0.3, -0.25) is 4.79 Å². The van der Waals surface area contributed by atoms with E-state index in [1.54, 1.807) is 7.11 Å². The lowest BCUT2D eigenvalue weighted by Gasteiger charge is -2.06. The van der Waals surface area contributed by atoms with Gasteiger partial charge in [-0.2, -0.15) is 0 Å². The Labute approximate surface area is 172 Å². The number of carbonyl (C=O) groups excluding carboxylic acids is 1. The number of methoxy groups -OCH3 is 1. The van der Waals surface area contributed by atoms with E-state index in [1.165, 1.54) is 17.7 Å². The molecule has 3 aromatic heterocycles. The molecule has 146 valence electrons. The summed E-state index contributed by atoms with van der Waals surface area (Å²) in [6.45, 7) is 2.14. The van der Waals surface area contributed by atoms with Crippen molar-refractivity contribution in [3.63, 3.8) is 0 Å².